The number of carbonyl (C=O) groups excluding carboxylic acids is 1. The number of nitrogens with two attached hydrogens (primary N) is 2. The fraction of sp³-hybridized carbons (Fsp3) is 0.714. The number of aliphatic hydroxyl groups is 1. The molecule has 0 bridgehead atoms. The van der Waals surface area contributed by atoms with Crippen molar-refractivity contribution in [1.29, 1.82) is 0 Å². The number of hydrogen-bond acceptors (Lipinski definition) is 4. The van der Waals surface area contributed by atoms with Crippen molar-refractivity contribution in [2.45, 2.75) is 31.4 Å². The van der Waals surface area contributed by atoms with Crippen LogP contribution in [0.2, 0.25) is 0 Å². The van der Waals surface area contributed by atoms with Crippen LogP contribution in [0, 0.1) is 0 Å². The van der Waals surface area contributed by atoms with Crippen molar-refractivity contribution in [3.63, 3.8) is 0 Å². The number of amides is 1. The van der Waals surface area contributed by atoms with E-state index in [-0.39, 0.29) is 12.8 Å². The summed E-state index contributed by atoms with van der Waals surface area (Å²) in [7, 11) is 0. The summed E-state index contributed by atoms with van der Waals surface area (Å²) in [6.45, 7) is 1.26. The number of carboxylic acids is 1. The molecule has 0 heterocycles. The number of aliphatic carboxylic acids is 1. The fourth-order valence-corrected chi connectivity index (χ4v) is 0.825. The van der Waals surface area contributed by atoms with Gasteiger partial charge in [0.2, 0.25) is 5.91 Å². The second-order valence-electron chi connectivity index (χ2n) is 2.99. The fourth-order valence-electron chi connectivity index (χ4n) is 0.825. The summed E-state index contributed by atoms with van der Waals surface area (Å²) >= 11 is 0. The molecule has 0 saturated heterocycles. The average Bonchev–Trinajstić information content (AvgIpc) is 1.99. The Bertz CT molecular complexity index is 217. The summed E-state index contributed by atoms with van der Waals surface area (Å²) in [6.07, 6.45) is -1.56. The van der Waals surface area contributed by atoms with Crippen LogP contribution in [0.1, 0.15) is 19.8 Å². The zero-order chi connectivity index (χ0) is 10.6. The zero-order valence-electron chi connectivity index (χ0n) is 7.36. The van der Waals surface area contributed by atoms with Crippen molar-refractivity contribution in [2.75, 3.05) is 0 Å². The van der Waals surface area contributed by atoms with E-state index in [9.17, 15) is 9.59 Å². The average molecular weight is 190 g/mol. The first-order chi connectivity index (χ1) is 5.80. The van der Waals surface area contributed by atoms with Gasteiger partial charge in [-0.3, -0.25) is 9.59 Å². The summed E-state index contributed by atoms with van der Waals surface area (Å²) < 4.78 is 0. The molecule has 0 aromatic carbocycles. The standard InChI is InChI=1S/C7H14N2O4/c1-4(10)7(9,6(12)13)3-2-5(8)11/h4,10H,2-3,9H2,1H3,(H2,8,11)(H,12,13)/t4?,7-/m1/s1. The lowest BCUT2D eigenvalue weighted by Gasteiger charge is -2.26. The molecule has 0 saturated carbocycles. The highest BCUT2D eigenvalue weighted by Gasteiger charge is 2.38. The molecule has 0 fully saturated rings. The minimum atomic E-state index is -1.80. The molecule has 1 amide bonds. The summed E-state index contributed by atoms with van der Waals surface area (Å²) in [4.78, 5) is 21.0. The molecule has 1 unspecified atom stereocenters. The van der Waals surface area contributed by atoms with Gasteiger partial charge in [0.1, 0.15) is 5.54 Å². The molecule has 0 aromatic rings. The van der Waals surface area contributed by atoms with Crippen molar-refractivity contribution >= 4 is 11.9 Å². The Kier molecular flexibility index (Phi) is 3.83. The van der Waals surface area contributed by atoms with Crippen LogP contribution in [0.4, 0.5) is 0 Å². The third kappa shape index (κ3) is 3.00. The molecule has 2 atom stereocenters. The van der Waals surface area contributed by atoms with E-state index in [0.717, 1.165) is 0 Å². The Hall–Kier alpha value is -1.14. The summed E-state index contributed by atoms with van der Waals surface area (Å²) in [5, 5.41) is 17.8. The Balaban J connectivity index is 4.43. The first-order valence-corrected chi connectivity index (χ1v) is 3.79. The number of hydrogen-bond donors (Lipinski definition) is 4. The molecule has 0 aliphatic rings. The Labute approximate surface area is 75.5 Å². The highest BCUT2D eigenvalue weighted by Crippen LogP contribution is 2.14. The largest absolute Gasteiger partial charge is 0.480 e. The van der Waals surface area contributed by atoms with Crippen molar-refractivity contribution < 1.29 is 19.8 Å². The van der Waals surface area contributed by atoms with Crippen LogP contribution in [0.5, 0.6) is 0 Å². The number of carboxylic acid groups (broad SMARTS) is 1. The third-order valence-electron chi connectivity index (χ3n) is 1.93. The molecule has 76 valence electrons. The van der Waals surface area contributed by atoms with Crippen LogP contribution in [-0.2, 0) is 9.59 Å². The quantitative estimate of drug-likeness (QED) is 0.416. The van der Waals surface area contributed by atoms with Gasteiger partial charge in [-0.15, -0.1) is 0 Å². The van der Waals surface area contributed by atoms with Crippen molar-refractivity contribution in [1.82, 2.24) is 0 Å². The predicted octanol–water partition coefficient (Wildman–Crippen LogP) is -1.59. The second kappa shape index (κ2) is 4.20. The van der Waals surface area contributed by atoms with Crippen LogP contribution >= 0.6 is 0 Å². The van der Waals surface area contributed by atoms with E-state index in [2.05, 4.69) is 0 Å². The maximum Gasteiger partial charge on any atom is 0.326 e. The SMILES string of the molecule is CC(O)[C@](N)(CCC(N)=O)C(=O)O. The third-order valence-corrected chi connectivity index (χ3v) is 1.93. The maximum atomic E-state index is 10.6. The van der Waals surface area contributed by atoms with E-state index >= 15 is 0 Å². The Morgan fingerprint density at radius 2 is 2.00 bits per heavy atom. The van der Waals surface area contributed by atoms with Crippen LogP contribution in [-0.4, -0.2) is 33.7 Å². The molecule has 13 heavy (non-hydrogen) atoms. The number of primary amides is 1. The lowest BCUT2D eigenvalue weighted by atomic mass is 9.89. The summed E-state index contributed by atoms with van der Waals surface area (Å²) in [5.74, 6) is -1.99. The lowest BCUT2D eigenvalue weighted by Crippen LogP contribution is -2.56. The van der Waals surface area contributed by atoms with Gasteiger partial charge in [0.25, 0.3) is 0 Å². The molecule has 0 aliphatic heterocycles. The molecular formula is C7H14N2O4. The molecule has 6 N–H and O–H groups in total. The van der Waals surface area contributed by atoms with E-state index in [1.807, 2.05) is 0 Å². The van der Waals surface area contributed by atoms with E-state index < -0.39 is 23.5 Å². The van der Waals surface area contributed by atoms with Gasteiger partial charge in [0.05, 0.1) is 6.10 Å². The van der Waals surface area contributed by atoms with Gasteiger partial charge in [-0.05, 0) is 13.3 Å². The second-order valence-corrected chi connectivity index (χ2v) is 2.99. The minimum absolute atomic E-state index is 0.159. The first-order valence-electron chi connectivity index (χ1n) is 3.79. The van der Waals surface area contributed by atoms with Crippen molar-refractivity contribution in [3.05, 3.63) is 0 Å². The Morgan fingerprint density at radius 1 is 1.54 bits per heavy atom. The number of rotatable bonds is 5. The predicted molar refractivity (Wildman–Crippen MR) is 44.7 cm³/mol. The molecule has 0 aliphatic carbocycles. The molecule has 0 spiro atoms. The van der Waals surface area contributed by atoms with E-state index in [0.29, 0.717) is 0 Å². The minimum Gasteiger partial charge on any atom is -0.480 e. The zero-order valence-corrected chi connectivity index (χ0v) is 7.36. The Morgan fingerprint density at radius 3 is 2.23 bits per heavy atom. The van der Waals surface area contributed by atoms with Gasteiger partial charge in [-0.2, -0.15) is 0 Å². The van der Waals surface area contributed by atoms with Gasteiger partial charge < -0.3 is 21.7 Å². The molecule has 6 nitrogen and oxygen atoms in total. The molecule has 6 heteroatoms. The highest BCUT2D eigenvalue weighted by molar-refractivity contribution is 5.81. The van der Waals surface area contributed by atoms with Crippen LogP contribution in [0.15, 0.2) is 0 Å². The lowest BCUT2D eigenvalue weighted by molar-refractivity contribution is -0.148. The van der Waals surface area contributed by atoms with E-state index in [4.69, 9.17) is 21.7 Å². The van der Waals surface area contributed by atoms with Crippen LogP contribution in [0.3, 0.4) is 0 Å². The van der Waals surface area contributed by atoms with Crippen molar-refractivity contribution in [2.24, 2.45) is 11.5 Å². The number of carbonyl (C=O) groups is 2. The first kappa shape index (κ1) is 11.9. The van der Waals surface area contributed by atoms with E-state index in [1.54, 1.807) is 0 Å². The van der Waals surface area contributed by atoms with Gasteiger partial charge in [-0.1, -0.05) is 0 Å². The summed E-state index contributed by atoms with van der Waals surface area (Å²) in [5.41, 5.74) is 8.41. The van der Waals surface area contributed by atoms with Crippen LogP contribution < -0.4 is 11.5 Å². The van der Waals surface area contributed by atoms with Crippen LogP contribution in [0.25, 0.3) is 0 Å². The molecule has 0 aromatic heterocycles. The summed E-state index contributed by atoms with van der Waals surface area (Å²) in [6, 6.07) is 0. The van der Waals surface area contributed by atoms with E-state index in [1.165, 1.54) is 6.92 Å². The molecular weight excluding hydrogens is 176 g/mol. The molecule has 0 rings (SSSR count). The van der Waals surface area contributed by atoms with Gasteiger partial charge in [0.15, 0.2) is 0 Å². The van der Waals surface area contributed by atoms with Gasteiger partial charge >= 0.3 is 5.97 Å². The maximum absolute atomic E-state index is 10.6. The highest BCUT2D eigenvalue weighted by atomic mass is 16.4. The van der Waals surface area contributed by atoms with Gasteiger partial charge in [-0.25, -0.2) is 0 Å². The monoisotopic (exact) mass is 190 g/mol. The normalized spacial score (nSPS) is 17.5. The topological polar surface area (TPSA) is 127 Å². The van der Waals surface area contributed by atoms with Crippen molar-refractivity contribution in [3.8, 4) is 0 Å². The molecule has 0 radical (unpaired) electrons. The smallest absolute Gasteiger partial charge is 0.326 e. The van der Waals surface area contributed by atoms with Gasteiger partial charge in [0, 0.05) is 6.42 Å². The number of aliphatic hydroxyl groups excluding tert-OH is 1.